The number of hydrogen-bond acceptors (Lipinski definition) is 7. The highest BCUT2D eigenvalue weighted by Gasteiger charge is 2.12. The Hall–Kier alpha value is -2.12. The average Bonchev–Trinajstić information content (AvgIpc) is 2.65. The Kier molecular flexibility index (Phi) is 11.9. The van der Waals surface area contributed by atoms with Crippen molar-refractivity contribution in [3.63, 3.8) is 0 Å². The van der Waals surface area contributed by atoms with Crippen LogP contribution in [0.25, 0.3) is 0 Å². The highest BCUT2D eigenvalue weighted by atomic mass is 17.5. The van der Waals surface area contributed by atoms with Gasteiger partial charge >= 0.3 is 12.1 Å². The minimum absolute atomic E-state index is 0.0237. The van der Waals surface area contributed by atoms with Gasteiger partial charge < -0.3 is 9.47 Å². The van der Waals surface area contributed by atoms with Gasteiger partial charge in [-0.05, 0) is 37.0 Å². The predicted octanol–water partition coefficient (Wildman–Crippen LogP) is 4.39. The second-order valence-corrected chi connectivity index (χ2v) is 5.74. The van der Waals surface area contributed by atoms with Crippen molar-refractivity contribution in [2.45, 2.75) is 52.4 Å². The monoisotopic (exact) mass is 368 g/mol. The molecule has 0 saturated carbocycles. The van der Waals surface area contributed by atoms with Crippen LogP contribution in [0.1, 0.15) is 61.9 Å². The van der Waals surface area contributed by atoms with Crippen molar-refractivity contribution in [2.75, 3.05) is 19.8 Å². The van der Waals surface area contributed by atoms with Crippen molar-refractivity contribution in [3.05, 3.63) is 35.4 Å². The smallest absolute Gasteiger partial charge is 0.430 e. The standard InChI is InChI=1S/C19H28O7/c1-3-5-6-7-8-16-9-11-17(12-10-16)18(20)24-26-25-19(21)23-15-14-22-13-4-2/h9-12H,3-8,13-15H2,1-2H3. The first kappa shape index (κ1) is 21.9. The van der Waals surface area contributed by atoms with E-state index < -0.39 is 12.1 Å². The largest absolute Gasteiger partial charge is 0.543 e. The Bertz CT molecular complexity index is 513. The molecule has 0 aromatic heterocycles. The number of carbonyl (C=O) groups is 2. The Morgan fingerprint density at radius 3 is 2.31 bits per heavy atom. The summed E-state index contributed by atoms with van der Waals surface area (Å²) < 4.78 is 9.77. The van der Waals surface area contributed by atoms with Crippen LogP contribution in [-0.4, -0.2) is 31.9 Å². The van der Waals surface area contributed by atoms with Crippen molar-refractivity contribution >= 4 is 12.1 Å². The average molecular weight is 368 g/mol. The van der Waals surface area contributed by atoms with E-state index in [4.69, 9.17) is 4.74 Å². The third kappa shape index (κ3) is 10.0. The van der Waals surface area contributed by atoms with Crippen molar-refractivity contribution in [3.8, 4) is 0 Å². The van der Waals surface area contributed by atoms with E-state index in [1.165, 1.54) is 19.3 Å². The molecule has 0 amide bonds. The molecule has 0 aliphatic heterocycles. The van der Waals surface area contributed by atoms with Gasteiger partial charge in [0.1, 0.15) is 6.61 Å². The van der Waals surface area contributed by atoms with Gasteiger partial charge in [-0.2, -0.15) is 0 Å². The minimum Gasteiger partial charge on any atom is -0.430 e. The summed E-state index contributed by atoms with van der Waals surface area (Å²) in [6.45, 7) is 5.01. The summed E-state index contributed by atoms with van der Waals surface area (Å²) in [5.74, 6) is -0.762. The lowest BCUT2D eigenvalue weighted by atomic mass is 10.0. The maximum absolute atomic E-state index is 11.8. The maximum Gasteiger partial charge on any atom is 0.543 e. The van der Waals surface area contributed by atoms with E-state index in [1.807, 2.05) is 19.1 Å². The molecule has 0 unspecified atom stereocenters. The fourth-order valence-corrected chi connectivity index (χ4v) is 2.14. The van der Waals surface area contributed by atoms with E-state index >= 15 is 0 Å². The first-order chi connectivity index (χ1) is 12.7. The molecule has 7 heteroatoms. The van der Waals surface area contributed by atoms with Crippen LogP contribution >= 0.6 is 0 Å². The van der Waals surface area contributed by atoms with E-state index in [1.54, 1.807) is 12.1 Å². The number of unbranched alkanes of at least 4 members (excludes halogenated alkanes) is 3. The Labute approximate surface area is 154 Å². The van der Waals surface area contributed by atoms with Crippen molar-refractivity contribution < 1.29 is 33.9 Å². The molecule has 0 bridgehead atoms. The van der Waals surface area contributed by atoms with Crippen molar-refractivity contribution in [2.24, 2.45) is 0 Å². The van der Waals surface area contributed by atoms with Gasteiger partial charge in [-0.1, -0.05) is 45.2 Å². The van der Waals surface area contributed by atoms with Crippen LogP contribution in [-0.2, 0) is 30.7 Å². The molecular formula is C19H28O7. The zero-order valence-electron chi connectivity index (χ0n) is 15.5. The molecule has 0 N–H and O–H groups in total. The molecule has 1 rings (SSSR count). The van der Waals surface area contributed by atoms with E-state index in [0.717, 1.165) is 24.8 Å². The number of rotatable bonds is 13. The number of aryl methyl sites for hydroxylation is 1. The van der Waals surface area contributed by atoms with E-state index in [0.29, 0.717) is 12.2 Å². The summed E-state index contributed by atoms with van der Waals surface area (Å²) in [6, 6.07) is 7.02. The summed E-state index contributed by atoms with van der Waals surface area (Å²) in [6.07, 6.45) is 5.50. The highest BCUT2D eigenvalue weighted by molar-refractivity contribution is 5.88. The molecule has 0 heterocycles. The second kappa shape index (κ2) is 14.1. The molecule has 7 nitrogen and oxygen atoms in total. The van der Waals surface area contributed by atoms with Crippen LogP contribution in [0.15, 0.2) is 24.3 Å². The van der Waals surface area contributed by atoms with Crippen LogP contribution in [0.2, 0.25) is 0 Å². The SMILES string of the molecule is CCCCCCc1ccc(C(=O)OOOC(=O)OCCOCCC)cc1. The number of benzene rings is 1. The lowest BCUT2D eigenvalue weighted by Gasteiger charge is -2.05. The fourth-order valence-electron chi connectivity index (χ4n) is 2.14. The van der Waals surface area contributed by atoms with Crippen LogP contribution in [0, 0.1) is 0 Å². The molecule has 0 radical (unpaired) electrons. The van der Waals surface area contributed by atoms with E-state index in [9.17, 15) is 9.59 Å². The summed E-state index contributed by atoms with van der Waals surface area (Å²) in [5, 5.41) is 4.15. The summed E-state index contributed by atoms with van der Waals surface area (Å²) in [4.78, 5) is 31.5. The van der Waals surface area contributed by atoms with Crippen molar-refractivity contribution in [1.82, 2.24) is 0 Å². The van der Waals surface area contributed by atoms with Gasteiger partial charge in [0.2, 0.25) is 0 Å². The lowest BCUT2D eigenvalue weighted by molar-refractivity contribution is -0.452. The first-order valence-electron chi connectivity index (χ1n) is 9.06. The van der Waals surface area contributed by atoms with E-state index in [-0.39, 0.29) is 13.2 Å². The molecule has 0 spiro atoms. The van der Waals surface area contributed by atoms with Crippen LogP contribution < -0.4 is 0 Å². The molecule has 1 aromatic carbocycles. The van der Waals surface area contributed by atoms with Gasteiger partial charge in [0.25, 0.3) is 0 Å². The van der Waals surface area contributed by atoms with Gasteiger partial charge in [0, 0.05) is 6.61 Å². The van der Waals surface area contributed by atoms with Gasteiger partial charge in [-0.15, -0.1) is 0 Å². The topological polar surface area (TPSA) is 80.3 Å². The molecule has 146 valence electrons. The van der Waals surface area contributed by atoms with E-state index in [2.05, 4.69) is 26.5 Å². The van der Waals surface area contributed by atoms with Crippen LogP contribution in [0.4, 0.5) is 4.79 Å². The molecule has 0 aliphatic carbocycles. The number of carbonyl (C=O) groups excluding carboxylic acids is 2. The third-order valence-electron chi connectivity index (χ3n) is 3.52. The Balaban J connectivity index is 2.19. The maximum atomic E-state index is 11.8. The zero-order chi connectivity index (χ0) is 19.0. The quantitative estimate of drug-likeness (QED) is 0.221. The third-order valence-corrected chi connectivity index (χ3v) is 3.52. The predicted molar refractivity (Wildman–Crippen MR) is 94.3 cm³/mol. The van der Waals surface area contributed by atoms with Gasteiger partial charge in [0.15, 0.2) is 0 Å². The summed E-state index contributed by atoms with van der Waals surface area (Å²) in [7, 11) is 0. The molecular weight excluding hydrogens is 340 g/mol. The summed E-state index contributed by atoms with van der Waals surface area (Å²) in [5.41, 5.74) is 1.45. The van der Waals surface area contributed by atoms with Crippen LogP contribution in [0.3, 0.4) is 0 Å². The van der Waals surface area contributed by atoms with Crippen molar-refractivity contribution in [1.29, 1.82) is 0 Å². The fraction of sp³-hybridized carbons (Fsp3) is 0.579. The van der Waals surface area contributed by atoms with Gasteiger partial charge in [0.05, 0.1) is 17.2 Å². The molecule has 1 aromatic rings. The first-order valence-corrected chi connectivity index (χ1v) is 9.06. The second-order valence-electron chi connectivity index (χ2n) is 5.74. The number of ether oxygens (including phenoxy) is 2. The minimum atomic E-state index is -1.11. The molecule has 0 saturated heterocycles. The molecule has 0 aliphatic rings. The van der Waals surface area contributed by atoms with Gasteiger partial charge in [-0.3, -0.25) is 4.89 Å². The normalized spacial score (nSPS) is 10.4. The Morgan fingerprint density at radius 1 is 0.846 bits per heavy atom. The Morgan fingerprint density at radius 2 is 1.62 bits per heavy atom. The lowest BCUT2D eigenvalue weighted by Crippen LogP contribution is -2.14. The molecule has 0 fully saturated rings. The number of hydrogen-bond donors (Lipinski definition) is 0. The van der Waals surface area contributed by atoms with Gasteiger partial charge in [-0.25, -0.2) is 14.5 Å². The zero-order valence-corrected chi connectivity index (χ0v) is 15.5. The highest BCUT2D eigenvalue weighted by Crippen LogP contribution is 2.11. The molecule has 0 atom stereocenters. The molecule has 26 heavy (non-hydrogen) atoms. The van der Waals surface area contributed by atoms with Crippen LogP contribution in [0.5, 0.6) is 0 Å². The summed E-state index contributed by atoms with van der Waals surface area (Å²) >= 11 is 0.